The van der Waals surface area contributed by atoms with Gasteiger partial charge in [0.2, 0.25) is 0 Å². The van der Waals surface area contributed by atoms with Crippen molar-refractivity contribution in [3.8, 4) is 0 Å². The van der Waals surface area contributed by atoms with Crippen LogP contribution in [0.15, 0.2) is 0 Å². The van der Waals surface area contributed by atoms with E-state index in [9.17, 15) is 0 Å². The molecule has 1 aromatic carbocycles. The van der Waals surface area contributed by atoms with Crippen molar-refractivity contribution in [3.05, 3.63) is 22.3 Å². The van der Waals surface area contributed by atoms with Gasteiger partial charge in [-0.05, 0) is 54.9 Å². The summed E-state index contributed by atoms with van der Waals surface area (Å²) in [6, 6.07) is 0. The van der Waals surface area contributed by atoms with Crippen molar-refractivity contribution >= 4 is 11.4 Å². The number of hydrogen-bond donors (Lipinski definition) is 1. The first kappa shape index (κ1) is 13.3. The third-order valence-electron chi connectivity index (χ3n) is 4.31. The van der Waals surface area contributed by atoms with Gasteiger partial charge in [-0.25, -0.2) is 0 Å². The lowest BCUT2D eigenvalue weighted by Gasteiger charge is -2.34. The van der Waals surface area contributed by atoms with E-state index >= 15 is 0 Å². The second kappa shape index (κ2) is 4.83. The fraction of sp³-hybridized carbons (Fsp3) is 0.625. The molecule has 1 aliphatic heterocycles. The van der Waals surface area contributed by atoms with Crippen molar-refractivity contribution in [1.29, 1.82) is 0 Å². The molecule has 0 spiro atoms. The molecule has 18 heavy (non-hydrogen) atoms. The molecule has 0 amide bonds. The maximum atomic E-state index is 3.47. The number of nitrogens with zero attached hydrogens (tertiary/aromatic N) is 1. The lowest BCUT2D eigenvalue weighted by Crippen LogP contribution is -2.27. The lowest BCUT2D eigenvalue weighted by atomic mass is 9.85. The molecule has 0 atom stereocenters. The minimum absolute atomic E-state index is 0.573. The third kappa shape index (κ3) is 1.88. The van der Waals surface area contributed by atoms with Crippen LogP contribution in [0, 0.1) is 13.8 Å². The molecule has 0 bridgehead atoms. The van der Waals surface area contributed by atoms with E-state index < -0.39 is 0 Å². The molecule has 1 heterocycles. The largest absolute Gasteiger partial charge is 0.388 e. The molecule has 1 aromatic rings. The van der Waals surface area contributed by atoms with Gasteiger partial charge in [0.05, 0.1) is 0 Å². The van der Waals surface area contributed by atoms with E-state index in [4.69, 9.17) is 0 Å². The average molecular weight is 246 g/mol. The van der Waals surface area contributed by atoms with Gasteiger partial charge in [0.1, 0.15) is 0 Å². The van der Waals surface area contributed by atoms with Crippen molar-refractivity contribution in [1.82, 2.24) is 0 Å². The maximum Gasteiger partial charge on any atom is 0.0449 e. The Labute approximate surface area is 111 Å². The normalized spacial score (nSPS) is 14.9. The van der Waals surface area contributed by atoms with E-state index in [2.05, 4.69) is 52.0 Å². The predicted octanol–water partition coefficient (Wildman–Crippen LogP) is 3.85. The van der Waals surface area contributed by atoms with E-state index in [-0.39, 0.29) is 0 Å². The Bertz CT molecular complexity index is 440. The summed E-state index contributed by atoms with van der Waals surface area (Å²) in [5.41, 5.74) is 8.81. The quantitative estimate of drug-likeness (QED) is 0.852. The van der Waals surface area contributed by atoms with Crippen molar-refractivity contribution in [2.45, 2.75) is 46.5 Å². The molecule has 100 valence electrons. The fourth-order valence-corrected chi connectivity index (χ4v) is 3.45. The van der Waals surface area contributed by atoms with Gasteiger partial charge in [-0.15, -0.1) is 0 Å². The van der Waals surface area contributed by atoms with E-state index in [0.29, 0.717) is 5.92 Å². The van der Waals surface area contributed by atoms with E-state index in [1.54, 1.807) is 0 Å². The molecule has 2 rings (SSSR count). The maximum absolute atomic E-state index is 3.47. The summed E-state index contributed by atoms with van der Waals surface area (Å²) in [5, 5.41) is 3.47. The zero-order valence-electron chi connectivity index (χ0n) is 12.6. The summed E-state index contributed by atoms with van der Waals surface area (Å²) < 4.78 is 0. The van der Waals surface area contributed by atoms with Crippen molar-refractivity contribution in [3.63, 3.8) is 0 Å². The molecule has 2 nitrogen and oxygen atoms in total. The topological polar surface area (TPSA) is 15.3 Å². The van der Waals surface area contributed by atoms with Crippen LogP contribution in [0.2, 0.25) is 0 Å². The summed E-state index contributed by atoms with van der Waals surface area (Å²) in [6.07, 6.45) is 2.47. The van der Waals surface area contributed by atoms with Crippen molar-refractivity contribution < 1.29 is 0 Å². The first-order valence-electron chi connectivity index (χ1n) is 7.03. The summed E-state index contributed by atoms with van der Waals surface area (Å²) in [7, 11) is 4.28. The van der Waals surface area contributed by atoms with Gasteiger partial charge in [0, 0.05) is 32.0 Å². The highest BCUT2D eigenvalue weighted by molar-refractivity contribution is 5.77. The van der Waals surface area contributed by atoms with E-state index in [0.717, 1.165) is 0 Å². The zero-order valence-corrected chi connectivity index (χ0v) is 12.6. The molecule has 0 saturated heterocycles. The molecule has 0 fully saturated rings. The molecule has 1 N–H and O–H groups in total. The first-order valence-corrected chi connectivity index (χ1v) is 7.03. The number of nitrogens with one attached hydrogen (secondary N) is 1. The van der Waals surface area contributed by atoms with Crippen LogP contribution in [0.4, 0.5) is 11.4 Å². The van der Waals surface area contributed by atoms with Crippen LogP contribution in [0.5, 0.6) is 0 Å². The standard InChI is InChI=1S/C16H26N2/c1-10(2)14-11(3)12(4)16-13(15(14)17-5)8-7-9-18(16)6/h10,17H,7-9H2,1-6H3. The Balaban J connectivity index is 2.77. The molecule has 0 aromatic heterocycles. The third-order valence-corrected chi connectivity index (χ3v) is 4.31. The first-order chi connectivity index (χ1) is 8.49. The summed E-state index contributed by atoms with van der Waals surface area (Å²) in [6.45, 7) is 10.3. The highest BCUT2D eigenvalue weighted by Gasteiger charge is 2.24. The van der Waals surface area contributed by atoms with Gasteiger partial charge in [-0.2, -0.15) is 0 Å². The molecular weight excluding hydrogens is 220 g/mol. The van der Waals surface area contributed by atoms with E-state index in [1.807, 2.05) is 0 Å². The van der Waals surface area contributed by atoms with Crippen LogP contribution >= 0.6 is 0 Å². The van der Waals surface area contributed by atoms with Crippen LogP contribution in [0.25, 0.3) is 0 Å². The highest BCUT2D eigenvalue weighted by Crippen LogP contribution is 2.42. The minimum atomic E-state index is 0.573. The van der Waals surface area contributed by atoms with E-state index in [1.165, 1.54) is 53.0 Å². The Morgan fingerprint density at radius 3 is 2.39 bits per heavy atom. The summed E-state index contributed by atoms with van der Waals surface area (Å²) in [4.78, 5) is 2.42. The fourth-order valence-electron chi connectivity index (χ4n) is 3.45. The van der Waals surface area contributed by atoms with Gasteiger partial charge in [-0.1, -0.05) is 13.8 Å². The number of anilines is 2. The van der Waals surface area contributed by atoms with Crippen LogP contribution in [0.3, 0.4) is 0 Å². The molecule has 0 saturated carbocycles. The van der Waals surface area contributed by atoms with Crippen LogP contribution in [0.1, 0.15) is 48.4 Å². The second-order valence-corrected chi connectivity index (χ2v) is 5.80. The van der Waals surface area contributed by atoms with Crippen LogP contribution < -0.4 is 10.2 Å². The Morgan fingerprint density at radius 2 is 1.83 bits per heavy atom. The van der Waals surface area contributed by atoms with Crippen molar-refractivity contribution in [2.24, 2.45) is 0 Å². The number of rotatable bonds is 2. The van der Waals surface area contributed by atoms with Gasteiger partial charge in [0.25, 0.3) is 0 Å². The highest BCUT2D eigenvalue weighted by atomic mass is 15.1. The molecule has 0 radical (unpaired) electrons. The minimum Gasteiger partial charge on any atom is -0.388 e. The summed E-state index contributed by atoms with van der Waals surface area (Å²) in [5.74, 6) is 0.573. The Kier molecular flexibility index (Phi) is 3.56. The molecule has 0 unspecified atom stereocenters. The zero-order chi connectivity index (χ0) is 13.4. The second-order valence-electron chi connectivity index (χ2n) is 5.80. The van der Waals surface area contributed by atoms with Gasteiger partial charge < -0.3 is 10.2 Å². The molecular formula is C16H26N2. The lowest BCUT2D eigenvalue weighted by molar-refractivity contribution is 0.736. The number of fused-ring (bicyclic) bond motifs is 1. The molecule has 0 aliphatic carbocycles. The van der Waals surface area contributed by atoms with Crippen molar-refractivity contribution in [2.75, 3.05) is 30.9 Å². The molecule has 1 aliphatic rings. The Hall–Kier alpha value is -1.18. The number of benzene rings is 1. The van der Waals surface area contributed by atoms with Gasteiger partial charge >= 0.3 is 0 Å². The number of hydrogen-bond acceptors (Lipinski definition) is 2. The smallest absolute Gasteiger partial charge is 0.0449 e. The SMILES string of the molecule is CNc1c2c(c(C)c(C)c1C(C)C)N(C)CCC2. The Morgan fingerprint density at radius 1 is 1.17 bits per heavy atom. The monoisotopic (exact) mass is 246 g/mol. The molecule has 2 heteroatoms. The van der Waals surface area contributed by atoms with Gasteiger partial charge in [-0.3, -0.25) is 0 Å². The van der Waals surface area contributed by atoms with Crippen LogP contribution in [-0.4, -0.2) is 20.6 Å². The predicted molar refractivity (Wildman–Crippen MR) is 81.1 cm³/mol. The average Bonchev–Trinajstić information content (AvgIpc) is 2.32. The summed E-state index contributed by atoms with van der Waals surface area (Å²) >= 11 is 0. The van der Waals surface area contributed by atoms with Gasteiger partial charge in [0.15, 0.2) is 0 Å². The van der Waals surface area contributed by atoms with Crippen LogP contribution in [-0.2, 0) is 6.42 Å².